The van der Waals surface area contributed by atoms with Gasteiger partial charge in [-0.3, -0.25) is 4.79 Å². The van der Waals surface area contributed by atoms with Crippen molar-refractivity contribution in [3.63, 3.8) is 0 Å². The number of amides is 1. The summed E-state index contributed by atoms with van der Waals surface area (Å²) in [5.41, 5.74) is 2.80. The van der Waals surface area contributed by atoms with Gasteiger partial charge in [-0.25, -0.2) is 9.82 Å². The Morgan fingerprint density at radius 1 is 1.08 bits per heavy atom. The molecule has 0 aromatic heterocycles. The predicted molar refractivity (Wildman–Crippen MR) is 87.6 cm³/mol. The first-order valence-corrected chi connectivity index (χ1v) is 6.98. The van der Waals surface area contributed by atoms with Crippen LogP contribution in [0.15, 0.2) is 41.5 Å². The van der Waals surface area contributed by atoms with Crippen molar-refractivity contribution in [3.8, 4) is 17.2 Å². The molecule has 1 N–H and O–H groups in total. The summed E-state index contributed by atoms with van der Waals surface area (Å²) >= 11 is 0. The second-order valence-corrected chi connectivity index (χ2v) is 4.64. The Labute approximate surface area is 138 Å². The van der Waals surface area contributed by atoms with E-state index in [1.54, 1.807) is 18.2 Å². The van der Waals surface area contributed by atoms with E-state index in [9.17, 15) is 9.18 Å². The number of halogens is 1. The fourth-order valence-corrected chi connectivity index (χ4v) is 2.05. The molecule has 126 valence electrons. The molecule has 0 saturated carbocycles. The van der Waals surface area contributed by atoms with Crippen LogP contribution in [0.4, 0.5) is 4.39 Å². The van der Waals surface area contributed by atoms with Crippen molar-refractivity contribution >= 4 is 12.1 Å². The Bertz CT molecular complexity index is 737. The van der Waals surface area contributed by atoms with Crippen molar-refractivity contribution < 1.29 is 23.4 Å². The topological polar surface area (TPSA) is 69.2 Å². The molecular weight excluding hydrogens is 315 g/mol. The molecule has 2 aromatic carbocycles. The predicted octanol–water partition coefficient (Wildman–Crippen LogP) is 2.62. The zero-order valence-electron chi connectivity index (χ0n) is 13.5. The molecule has 0 fully saturated rings. The van der Waals surface area contributed by atoms with Gasteiger partial charge in [-0.15, -0.1) is 0 Å². The van der Waals surface area contributed by atoms with E-state index in [1.165, 1.54) is 45.7 Å². The summed E-state index contributed by atoms with van der Waals surface area (Å²) in [5, 5.41) is 3.82. The Morgan fingerprint density at radius 3 is 2.25 bits per heavy atom. The van der Waals surface area contributed by atoms with Gasteiger partial charge in [0.2, 0.25) is 5.75 Å². The van der Waals surface area contributed by atoms with Crippen LogP contribution in [-0.4, -0.2) is 33.5 Å². The fraction of sp³-hybridized carbons (Fsp3) is 0.176. The summed E-state index contributed by atoms with van der Waals surface area (Å²) in [7, 11) is 4.50. The van der Waals surface area contributed by atoms with E-state index in [1.807, 2.05) is 0 Å². The van der Waals surface area contributed by atoms with Crippen LogP contribution in [0.5, 0.6) is 17.2 Å². The third-order valence-corrected chi connectivity index (χ3v) is 3.19. The molecule has 0 atom stereocenters. The average Bonchev–Trinajstić information content (AvgIpc) is 2.60. The highest BCUT2D eigenvalue weighted by molar-refractivity contribution is 5.95. The number of methoxy groups -OCH3 is 3. The van der Waals surface area contributed by atoms with Crippen LogP contribution in [0.25, 0.3) is 0 Å². The molecule has 0 radical (unpaired) electrons. The number of hydrogen-bond donors (Lipinski definition) is 1. The molecule has 0 aliphatic heterocycles. The monoisotopic (exact) mass is 332 g/mol. The van der Waals surface area contributed by atoms with Gasteiger partial charge in [-0.05, 0) is 24.3 Å². The molecule has 1 amide bonds. The molecule has 24 heavy (non-hydrogen) atoms. The molecule has 0 heterocycles. The highest BCUT2D eigenvalue weighted by atomic mass is 19.1. The van der Waals surface area contributed by atoms with E-state index in [0.29, 0.717) is 22.8 Å². The number of ether oxygens (including phenoxy) is 3. The van der Waals surface area contributed by atoms with Crippen LogP contribution < -0.4 is 19.6 Å². The summed E-state index contributed by atoms with van der Waals surface area (Å²) in [4.78, 5) is 11.9. The van der Waals surface area contributed by atoms with Crippen molar-refractivity contribution in [2.24, 2.45) is 5.10 Å². The first kappa shape index (κ1) is 17.3. The lowest BCUT2D eigenvalue weighted by Crippen LogP contribution is -2.18. The smallest absolute Gasteiger partial charge is 0.274 e. The van der Waals surface area contributed by atoms with Gasteiger partial charge < -0.3 is 14.2 Å². The minimum atomic E-state index is -0.642. The number of hydrogen-bond acceptors (Lipinski definition) is 5. The van der Waals surface area contributed by atoms with Gasteiger partial charge in [0.05, 0.1) is 33.1 Å². The summed E-state index contributed by atoms with van der Waals surface area (Å²) < 4.78 is 29.2. The van der Waals surface area contributed by atoms with Crippen molar-refractivity contribution in [3.05, 3.63) is 53.3 Å². The van der Waals surface area contributed by atoms with Crippen molar-refractivity contribution in [2.45, 2.75) is 0 Å². The molecule has 0 unspecified atom stereocenters. The Hall–Kier alpha value is -3.09. The molecule has 6 nitrogen and oxygen atoms in total. The largest absolute Gasteiger partial charge is 0.493 e. The van der Waals surface area contributed by atoms with Crippen LogP contribution in [0.2, 0.25) is 0 Å². The summed E-state index contributed by atoms with van der Waals surface area (Å²) in [6.45, 7) is 0. The van der Waals surface area contributed by atoms with Crippen molar-refractivity contribution in [1.82, 2.24) is 5.43 Å². The van der Waals surface area contributed by atoms with Gasteiger partial charge in [0.15, 0.2) is 11.5 Å². The van der Waals surface area contributed by atoms with E-state index < -0.39 is 11.7 Å². The maximum atomic E-state index is 13.5. The Balaban J connectivity index is 2.17. The average molecular weight is 332 g/mol. The number of nitrogens with zero attached hydrogens (tertiary/aromatic N) is 1. The van der Waals surface area contributed by atoms with Crippen LogP contribution in [-0.2, 0) is 0 Å². The second-order valence-electron chi connectivity index (χ2n) is 4.64. The van der Waals surface area contributed by atoms with Gasteiger partial charge >= 0.3 is 0 Å². The minimum Gasteiger partial charge on any atom is -0.493 e. The van der Waals surface area contributed by atoms with E-state index in [4.69, 9.17) is 14.2 Å². The lowest BCUT2D eigenvalue weighted by molar-refractivity contribution is 0.0951. The normalized spacial score (nSPS) is 10.5. The fourth-order valence-electron chi connectivity index (χ4n) is 2.05. The molecule has 2 rings (SSSR count). The van der Waals surface area contributed by atoms with Crippen molar-refractivity contribution in [2.75, 3.05) is 21.3 Å². The van der Waals surface area contributed by atoms with Crippen LogP contribution in [0.1, 0.15) is 15.9 Å². The Kier molecular flexibility index (Phi) is 5.73. The van der Waals surface area contributed by atoms with E-state index >= 15 is 0 Å². The number of hydrazone groups is 1. The molecule has 2 aromatic rings. The third kappa shape index (κ3) is 3.81. The van der Waals surface area contributed by atoms with E-state index in [2.05, 4.69) is 10.5 Å². The quantitative estimate of drug-likeness (QED) is 0.652. The first-order valence-electron chi connectivity index (χ1n) is 6.98. The van der Waals surface area contributed by atoms with Gasteiger partial charge in [0.1, 0.15) is 5.82 Å². The van der Waals surface area contributed by atoms with E-state index in [0.717, 1.165) is 0 Å². The molecule has 0 aliphatic carbocycles. The van der Waals surface area contributed by atoms with Crippen LogP contribution in [0.3, 0.4) is 0 Å². The molecule has 0 aliphatic rings. The lowest BCUT2D eigenvalue weighted by Gasteiger charge is -2.12. The molecule has 0 spiro atoms. The lowest BCUT2D eigenvalue weighted by atomic mass is 10.2. The van der Waals surface area contributed by atoms with E-state index in [-0.39, 0.29) is 5.56 Å². The van der Waals surface area contributed by atoms with Gasteiger partial charge in [0.25, 0.3) is 5.91 Å². The number of benzene rings is 2. The maximum Gasteiger partial charge on any atom is 0.274 e. The highest BCUT2D eigenvalue weighted by Gasteiger charge is 2.13. The SMILES string of the molecule is COc1cc(C=NNC(=O)c2ccccc2F)cc(OC)c1OC. The number of carbonyl (C=O) groups is 1. The van der Waals surface area contributed by atoms with Gasteiger partial charge in [-0.2, -0.15) is 5.10 Å². The second kappa shape index (κ2) is 7.96. The highest BCUT2D eigenvalue weighted by Crippen LogP contribution is 2.37. The maximum absolute atomic E-state index is 13.5. The minimum absolute atomic E-state index is 0.0838. The van der Waals surface area contributed by atoms with Crippen LogP contribution in [0, 0.1) is 5.82 Å². The Morgan fingerprint density at radius 2 is 1.71 bits per heavy atom. The molecular formula is C17H17FN2O4. The number of rotatable bonds is 6. The summed E-state index contributed by atoms with van der Waals surface area (Å²) in [6, 6.07) is 8.99. The first-order chi connectivity index (χ1) is 11.6. The molecule has 7 heteroatoms. The molecule has 0 saturated heterocycles. The standard InChI is InChI=1S/C17H17FN2O4/c1-22-14-8-11(9-15(23-2)16(14)24-3)10-19-20-17(21)12-6-4-5-7-13(12)18/h4-10H,1-3H3,(H,20,21). The number of carbonyl (C=O) groups excluding carboxylic acids is 1. The van der Waals surface area contributed by atoms with Gasteiger partial charge in [-0.1, -0.05) is 12.1 Å². The summed E-state index contributed by atoms with van der Waals surface area (Å²) in [5.74, 6) is 0.111. The third-order valence-electron chi connectivity index (χ3n) is 3.19. The zero-order chi connectivity index (χ0) is 17.5. The summed E-state index contributed by atoms with van der Waals surface area (Å²) in [6.07, 6.45) is 1.39. The van der Waals surface area contributed by atoms with Crippen molar-refractivity contribution in [1.29, 1.82) is 0 Å². The number of nitrogens with one attached hydrogen (secondary N) is 1. The molecule has 0 bridgehead atoms. The van der Waals surface area contributed by atoms with Crippen LogP contribution >= 0.6 is 0 Å². The van der Waals surface area contributed by atoms with Gasteiger partial charge in [0, 0.05) is 5.56 Å². The zero-order valence-corrected chi connectivity index (χ0v) is 13.5.